The fraction of sp³-hybridized carbons (Fsp3) is 0.0769. The zero-order valence-electron chi connectivity index (χ0n) is 8.99. The molecule has 88 valence electrons. The van der Waals surface area contributed by atoms with E-state index in [-0.39, 0.29) is 0 Å². The van der Waals surface area contributed by atoms with Crippen LogP contribution in [-0.4, -0.2) is 0 Å². The Hall–Kier alpha value is -0.640. The Kier molecular flexibility index (Phi) is 4.37. The first-order chi connectivity index (χ1) is 8.15. The summed E-state index contributed by atoms with van der Waals surface area (Å²) in [6, 6.07) is 13.8. The van der Waals surface area contributed by atoms with E-state index < -0.39 is 0 Å². The molecule has 0 aliphatic carbocycles. The molecule has 2 aromatic carbocycles. The lowest BCUT2D eigenvalue weighted by atomic mass is 10.2. The van der Waals surface area contributed by atoms with E-state index in [0.29, 0.717) is 0 Å². The molecule has 0 bridgehead atoms. The highest BCUT2D eigenvalue weighted by Crippen LogP contribution is 2.29. The lowest BCUT2D eigenvalue weighted by molar-refractivity contribution is 1.37. The second-order valence-corrected chi connectivity index (χ2v) is 5.97. The van der Waals surface area contributed by atoms with Crippen LogP contribution in [0.4, 0.5) is 5.69 Å². The van der Waals surface area contributed by atoms with Crippen LogP contribution < -0.4 is 5.73 Å². The van der Waals surface area contributed by atoms with Crippen molar-refractivity contribution in [1.29, 1.82) is 0 Å². The number of halogens is 2. The molecule has 0 amide bonds. The molecule has 0 saturated heterocycles. The third-order valence-electron chi connectivity index (χ3n) is 2.27. The van der Waals surface area contributed by atoms with Crippen LogP contribution >= 0.6 is 39.3 Å². The first kappa shape index (κ1) is 12.8. The monoisotopic (exact) mass is 327 g/mol. The molecule has 4 heteroatoms. The Morgan fingerprint density at radius 1 is 1.18 bits per heavy atom. The van der Waals surface area contributed by atoms with Crippen molar-refractivity contribution in [3.05, 3.63) is 57.5 Å². The van der Waals surface area contributed by atoms with Crippen molar-refractivity contribution >= 4 is 45.0 Å². The van der Waals surface area contributed by atoms with Gasteiger partial charge in [0.25, 0.3) is 0 Å². The lowest BCUT2D eigenvalue weighted by Gasteiger charge is -2.05. The molecular formula is C13H11BrClNS. The minimum absolute atomic E-state index is 0.788. The first-order valence-corrected chi connectivity index (χ1v) is 7.23. The summed E-state index contributed by atoms with van der Waals surface area (Å²) in [6.45, 7) is 0. The largest absolute Gasteiger partial charge is 0.399 e. The summed E-state index contributed by atoms with van der Waals surface area (Å²) in [4.78, 5) is 1.16. The molecule has 1 nitrogen and oxygen atoms in total. The highest BCUT2D eigenvalue weighted by Gasteiger charge is 2.02. The van der Waals surface area contributed by atoms with Crippen LogP contribution in [0.25, 0.3) is 0 Å². The minimum Gasteiger partial charge on any atom is -0.399 e. The molecule has 0 fully saturated rings. The predicted octanol–water partition coefficient (Wildman–Crippen LogP) is 4.98. The Morgan fingerprint density at radius 2 is 2.00 bits per heavy atom. The molecule has 0 spiro atoms. The molecule has 0 atom stereocenters. The summed E-state index contributed by atoms with van der Waals surface area (Å²) in [5, 5.41) is 0.788. The van der Waals surface area contributed by atoms with Crippen molar-refractivity contribution < 1.29 is 0 Å². The Balaban J connectivity index is 2.07. The Bertz CT molecular complexity index is 531. The minimum atomic E-state index is 0.788. The molecule has 0 aromatic heterocycles. The van der Waals surface area contributed by atoms with Crippen LogP contribution in [0.15, 0.2) is 51.8 Å². The van der Waals surface area contributed by atoms with Crippen LogP contribution in [-0.2, 0) is 5.75 Å². The molecule has 0 aliphatic heterocycles. The van der Waals surface area contributed by atoms with E-state index in [1.54, 1.807) is 11.8 Å². The van der Waals surface area contributed by atoms with Gasteiger partial charge in [0.15, 0.2) is 0 Å². The van der Waals surface area contributed by atoms with Crippen LogP contribution in [0.2, 0.25) is 5.02 Å². The van der Waals surface area contributed by atoms with Gasteiger partial charge in [0.2, 0.25) is 0 Å². The average Bonchev–Trinajstić information content (AvgIpc) is 2.28. The van der Waals surface area contributed by atoms with Crippen molar-refractivity contribution in [2.24, 2.45) is 0 Å². The number of nitrogens with two attached hydrogens (primary N) is 1. The normalized spacial score (nSPS) is 10.5. The molecule has 17 heavy (non-hydrogen) atoms. The second kappa shape index (κ2) is 5.80. The fourth-order valence-corrected chi connectivity index (χ4v) is 3.19. The van der Waals surface area contributed by atoms with E-state index in [2.05, 4.69) is 15.9 Å². The lowest BCUT2D eigenvalue weighted by Crippen LogP contribution is -1.85. The third kappa shape index (κ3) is 3.66. The molecular weight excluding hydrogens is 318 g/mol. The summed E-state index contributed by atoms with van der Waals surface area (Å²) >= 11 is 11.3. The van der Waals surface area contributed by atoms with Gasteiger partial charge in [-0.05, 0) is 35.9 Å². The van der Waals surface area contributed by atoms with Gasteiger partial charge < -0.3 is 5.73 Å². The maximum atomic E-state index is 6.16. The smallest absolute Gasteiger partial charge is 0.0457 e. The van der Waals surface area contributed by atoms with Gasteiger partial charge in [0.05, 0.1) is 0 Å². The molecule has 0 saturated carbocycles. The van der Waals surface area contributed by atoms with Crippen molar-refractivity contribution in [2.45, 2.75) is 10.6 Å². The predicted molar refractivity (Wildman–Crippen MR) is 79.6 cm³/mol. The number of thioether (sulfide) groups is 1. The van der Waals surface area contributed by atoms with Gasteiger partial charge in [0.1, 0.15) is 0 Å². The van der Waals surface area contributed by atoms with Crippen molar-refractivity contribution in [1.82, 2.24) is 0 Å². The second-order valence-electron chi connectivity index (χ2n) is 3.60. The summed E-state index contributed by atoms with van der Waals surface area (Å²) in [7, 11) is 0. The van der Waals surface area contributed by atoms with E-state index in [9.17, 15) is 0 Å². The highest BCUT2D eigenvalue weighted by molar-refractivity contribution is 9.10. The van der Waals surface area contributed by atoms with Gasteiger partial charge in [-0.25, -0.2) is 0 Å². The van der Waals surface area contributed by atoms with Gasteiger partial charge >= 0.3 is 0 Å². The van der Waals surface area contributed by atoms with Gasteiger partial charge in [-0.15, -0.1) is 11.8 Å². The standard InChI is InChI=1S/C13H11BrClNS/c14-10-5-4-9(13(15)6-10)8-17-12-3-1-2-11(16)7-12/h1-7H,8,16H2. The molecule has 0 aliphatic rings. The van der Waals surface area contributed by atoms with Crippen molar-refractivity contribution in [2.75, 3.05) is 5.73 Å². The van der Waals surface area contributed by atoms with Gasteiger partial charge in [-0.3, -0.25) is 0 Å². The average molecular weight is 329 g/mol. The molecule has 2 rings (SSSR count). The Morgan fingerprint density at radius 3 is 2.71 bits per heavy atom. The number of rotatable bonds is 3. The van der Waals surface area contributed by atoms with E-state index >= 15 is 0 Å². The van der Waals surface area contributed by atoms with Crippen molar-refractivity contribution in [3.8, 4) is 0 Å². The SMILES string of the molecule is Nc1cccc(SCc2ccc(Br)cc2Cl)c1. The van der Waals surface area contributed by atoms with E-state index in [4.69, 9.17) is 17.3 Å². The number of anilines is 1. The fourth-order valence-electron chi connectivity index (χ4n) is 1.40. The molecule has 0 unspecified atom stereocenters. The Labute approximate surface area is 118 Å². The van der Waals surface area contributed by atoms with Gasteiger partial charge in [-0.1, -0.05) is 39.7 Å². The van der Waals surface area contributed by atoms with Gasteiger partial charge in [0, 0.05) is 25.8 Å². The van der Waals surface area contributed by atoms with Crippen LogP contribution in [0.5, 0.6) is 0 Å². The molecule has 0 heterocycles. The molecule has 2 aromatic rings. The first-order valence-electron chi connectivity index (χ1n) is 5.07. The molecule has 2 N–H and O–H groups in total. The molecule has 0 radical (unpaired) electrons. The quantitative estimate of drug-likeness (QED) is 0.635. The van der Waals surface area contributed by atoms with Crippen LogP contribution in [0, 0.1) is 0 Å². The van der Waals surface area contributed by atoms with E-state index in [0.717, 1.165) is 31.4 Å². The summed E-state index contributed by atoms with van der Waals surface area (Å²) in [5.41, 5.74) is 7.65. The van der Waals surface area contributed by atoms with E-state index in [1.165, 1.54) is 0 Å². The number of benzene rings is 2. The maximum Gasteiger partial charge on any atom is 0.0457 e. The summed E-state index contributed by atoms with van der Waals surface area (Å²) in [6.07, 6.45) is 0. The number of hydrogen-bond donors (Lipinski definition) is 1. The topological polar surface area (TPSA) is 26.0 Å². The summed E-state index contributed by atoms with van der Waals surface area (Å²) < 4.78 is 1.00. The van der Waals surface area contributed by atoms with Crippen LogP contribution in [0.3, 0.4) is 0 Å². The van der Waals surface area contributed by atoms with Crippen molar-refractivity contribution in [3.63, 3.8) is 0 Å². The highest BCUT2D eigenvalue weighted by atomic mass is 79.9. The number of hydrogen-bond acceptors (Lipinski definition) is 2. The van der Waals surface area contributed by atoms with Gasteiger partial charge in [-0.2, -0.15) is 0 Å². The van der Waals surface area contributed by atoms with Crippen LogP contribution in [0.1, 0.15) is 5.56 Å². The van der Waals surface area contributed by atoms with E-state index in [1.807, 2.05) is 42.5 Å². The maximum absolute atomic E-state index is 6.16. The zero-order chi connectivity index (χ0) is 12.3. The summed E-state index contributed by atoms with van der Waals surface area (Å²) in [5.74, 6) is 0.843. The number of nitrogen functional groups attached to an aromatic ring is 1. The third-order valence-corrected chi connectivity index (χ3v) is 4.16. The zero-order valence-corrected chi connectivity index (χ0v) is 12.1.